The van der Waals surface area contributed by atoms with Crippen LogP contribution in [0.2, 0.25) is 0 Å². The summed E-state index contributed by atoms with van der Waals surface area (Å²) in [5, 5.41) is 30.9. The highest BCUT2D eigenvalue weighted by Crippen LogP contribution is 2.35. The van der Waals surface area contributed by atoms with E-state index in [2.05, 4.69) is 10.5 Å². The second-order valence-electron chi connectivity index (χ2n) is 4.35. The maximum Gasteiger partial charge on any atom is 0.254 e. The molecule has 1 rings (SSSR count). The minimum Gasteiger partial charge on any atom is -0.503 e. The topological polar surface area (TPSA) is 122 Å². The summed E-state index contributed by atoms with van der Waals surface area (Å²) >= 11 is 0. The van der Waals surface area contributed by atoms with Gasteiger partial charge >= 0.3 is 0 Å². The van der Waals surface area contributed by atoms with Crippen molar-refractivity contribution in [2.45, 2.75) is 13.8 Å². The first-order chi connectivity index (χ1) is 11.0. The average molecular weight is 315 g/mol. The molecule has 0 radical (unpaired) electrons. The maximum absolute atomic E-state index is 12.4. The Morgan fingerprint density at radius 2 is 1.96 bits per heavy atom. The second kappa shape index (κ2) is 8.25. The molecule has 0 aliphatic carbocycles. The van der Waals surface area contributed by atoms with E-state index in [1.807, 2.05) is 13.8 Å². The zero-order valence-corrected chi connectivity index (χ0v) is 13.1. The highest BCUT2D eigenvalue weighted by atomic mass is 16.5. The first-order valence-corrected chi connectivity index (χ1v) is 6.86. The summed E-state index contributed by atoms with van der Waals surface area (Å²) in [5.41, 5.74) is 2.34. The normalized spacial score (nSPS) is 9.26. The number of carbonyl (C=O) groups excluding carboxylic acids is 1. The third-order valence-corrected chi connectivity index (χ3v) is 3.09. The zero-order chi connectivity index (χ0) is 17.4. The lowest BCUT2D eigenvalue weighted by Gasteiger charge is -2.20. The molecule has 8 nitrogen and oxygen atoms in total. The Balaban J connectivity index is 3.29. The van der Waals surface area contributed by atoms with Crippen molar-refractivity contribution in [3.63, 3.8) is 0 Å². The maximum atomic E-state index is 12.4. The van der Waals surface area contributed by atoms with Crippen molar-refractivity contribution in [2.75, 3.05) is 25.6 Å². The molecule has 0 aliphatic rings. The number of nitriles is 2. The third-order valence-electron chi connectivity index (χ3n) is 3.09. The number of amides is 1. The van der Waals surface area contributed by atoms with Crippen molar-refractivity contribution in [1.82, 2.24) is 4.90 Å². The summed E-state index contributed by atoms with van der Waals surface area (Å²) in [4.78, 5) is 14.0. The molecular weight excluding hydrogens is 298 g/mol. The summed E-state index contributed by atoms with van der Waals surface area (Å²) in [5.74, 6) is -0.431. The van der Waals surface area contributed by atoms with Gasteiger partial charge in [0.15, 0.2) is 11.5 Å². The lowest BCUT2D eigenvalue weighted by molar-refractivity contribution is 0.0772. The molecule has 2 N–H and O–H groups in total. The van der Waals surface area contributed by atoms with E-state index < -0.39 is 5.71 Å². The van der Waals surface area contributed by atoms with Gasteiger partial charge in [-0.05, 0) is 26.0 Å². The van der Waals surface area contributed by atoms with Crippen LogP contribution in [0.4, 0.5) is 5.69 Å². The number of phenolic OH excluding ortho intramolecular Hbond substituents is 1. The summed E-state index contributed by atoms with van der Waals surface area (Å²) in [7, 11) is 1.35. The Morgan fingerprint density at radius 3 is 2.43 bits per heavy atom. The van der Waals surface area contributed by atoms with Crippen LogP contribution >= 0.6 is 0 Å². The summed E-state index contributed by atoms with van der Waals surface area (Å²) in [6.45, 7) is 4.78. The third kappa shape index (κ3) is 4.11. The predicted octanol–water partition coefficient (Wildman–Crippen LogP) is 1.70. The fourth-order valence-electron chi connectivity index (χ4n) is 1.86. The number of phenols is 1. The van der Waals surface area contributed by atoms with Crippen LogP contribution in [0.25, 0.3) is 0 Å². The van der Waals surface area contributed by atoms with Gasteiger partial charge < -0.3 is 14.7 Å². The Kier molecular flexibility index (Phi) is 6.38. The van der Waals surface area contributed by atoms with Crippen molar-refractivity contribution in [3.8, 4) is 23.6 Å². The highest BCUT2D eigenvalue weighted by Gasteiger charge is 2.18. The molecule has 0 spiro atoms. The van der Waals surface area contributed by atoms with Crippen LogP contribution in [0.15, 0.2) is 17.2 Å². The molecule has 0 aromatic heterocycles. The SMILES string of the molecule is CCN(CC)C(=O)c1cc(NN=C(C#N)C#N)c(O)c(OC)c1. The van der Waals surface area contributed by atoms with Crippen molar-refractivity contribution >= 4 is 17.3 Å². The Morgan fingerprint density at radius 1 is 1.35 bits per heavy atom. The Bertz CT molecular complexity index is 680. The van der Waals surface area contributed by atoms with E-state index in [0.717, 1.165) is 0 Å². The Hall–Kier alpha value is -3.26. The molecule has 0 unspecified atom stereocenters. The van der Waals surface area contributed by atoms with E-state index in [-0.39, 0.29) is 28.7 Å². The van der Waals surface area contributed by atoms with Crippen molar-refractivity contribution in [2.24, 2.45) is 5.10 Å². The van der Waals surface area contributed by atoms with Crippen molar-refractivity contribution in [3.05, 3.63) is 17.7 Å². The highest BCUT2D eigenvalue weighted by molar-refractivity contribution is 6.10. The summed E-state index contributed by atoms with van der Waals surface area (Å²) in [6, 6.07) is 5.96. The van der Waals surface area contributed by atoms with Gasteiger partial charge in [0.2, 0.25) is 5.71 Å². The smallest absolute Gasteiger partial charge is 0.254 e. The van der Waals surface area contributed by atoms with E-state index in [0.29, 0.717) is 13.1 Å². The number of nitrogens with one attached hydrogen (secondary N) is 1. The van der Waals surface area contributed by atoms with Crippen LogP contribution in [0.1, 0.15) is 24.2 Å². The van der Waals surface area contributed by atoms with Gasteiger partial charge in [-0.3, -0.25) is 10.2 Å². The molecule has 0 fully saturated rings. The molecule has 1 aromatic carbocycles. The fraction of sp³-hybridized carbons (Fsp3) is 0.333. The number of benzene rings is 1. The van der Waals surface area contributed by atoms with Crippen LogP contribution in [0, 0.1) is 22.7 Å². The largest absolute Gasteiger partial charge is 0.503 e. The van der Waals surface area contributed by atoms with Crippen LogP contribution in [-0.2, 0) is 0 Å². The number of aromatic hydroxyl groups is 1. The molecule has 23 heavy (non-hydrogen) atoms. The van der Waals surface area contributed by atoms with Gasteiger partial charge in [0.25, 0.3) is 5.91 Å². The quantitative estimate of drug-likeness (QED) is 0.468. The monoisotopic (exact) mass is 315 g/mol. The van der Waals surface area contributed by atoms with Crippen molar-refractivity contribution in [1.29, 1.82) is 10.5 Å². The zero-order valence-electron chi connectivity index (χ0n) is 13.1. The second-order valence-corrected chi connectivity index (χ2v) is 4.35. The van der Waals surface area contributed by atoms with Gasteiger partial charge in [0.1, 0.15) is 17.8 Å². The van der Waals surface area contributed by atoms with Crippen LogP contribution < -0.4 is 10.2 Å². The van der Waals surface area contributed by atoms with Crippen LogP contribution in [-0.4, -0.2) is 41.8 Å². The number of hydrazone groups is 1. The summed E-state index contributed by atoms with van der Waals surface area (Å²) < 4.78 is 5.04. The first-order valence-electron chi connectivity index (χ1n) is 6.86. The van der Waals surface area contributed by atoms with Crippen molar-refractivity contribution < 1.29 is 14.6 Å². The number of nitrogens with zero attached hydrogens (tertiary/aromatic N) is 4. The van der Waals surface area contributed by atoms with E-state index in [4.69, 9.17) is 15.3 Å². The first kappa shape index (κ1) is 17.8. The standard InChI is InChI=1S/C15H17N5O3/c1-4-20(5-2)15(22)10-6-12(14(21)13(7-10)23-3)19-18-11(8-16)9-17/h6-7,19,21H,4-5H2,1-3H3. The molecule has 0 saturated heterocycles. The lowest BCUT2D eigenvalue weighted by Crippen LogP contribution is -2.30. The molecule has 0 bridgehead atoms. The molecule has 1 aromatic rings. The van der Waals surface area contributed by atoms with E-state index in [9.17, 15) is 9.90 Å². The van der Waals surface area contributed by atoms with Gasteiger partial charge in [0.05, 0.1) is 7.11 Å². The van der Waals surface area contributed by atoms with E-state index >= 15 is 0 Å². The number of hydrogen-bond acceptors (Lipinski definition) is 7. The molecule has 1 amide bonds. The Labute approximate surface area is 134 Å². The molecule has 0 heterocycles. The van der Waals surface area contributed by atoms with E-state index in [1.165, 1.54) is 19.2 Å². The fourth-order valence-corrected chi connectivity index (χ4v) is 1.86. The van der Waals surface area contributed by atoms with Gasteiger partial charge in [-0.15, -0.1) is 0 Å². The van der Waals surface area contributed by atoms with Gasteiger partial charge in [-0.2, -0.15) is 15.6 Å². The molecule has 0 aliphatic heterocycles. The van der Waals surface area contributed by atoms with Crippen LogP contribution in [0.5, 0.6) is 11.5 Å². The number of ether oxygens (including phenoxy) is 1. The predicted molar refractivity (Wildman–Crippen MR) is 84.2 cm³/mol. The number of anilines is 1. The molecule has 0 atom stereocenters. The number of carbonyl (C=O) groups is 1. The van der Waals surface area contributed by atoms with Crippen LogP contribution in [0.3, 0.4) is 0 Å². The van der Waals surface area contributed by atoms with Gasteiger partial charge in [0, 0.05) is 18.7 Å². The molecular formula is C15H17N5O3. The molecule has 0 saturated carbocycles. The van der Waals surface area contributed by atoms with Gasteiger partial charge in [-0.1, -0.05) is 0 Å². The minimum absolute atomic E-state index is 0.0582. The molecule has 120 valence electrons. The van der Waals surface area contributed by atoms with Gasteiger partial charge in [-0.25, -0.2) is 0 Å². The van der Waals surface area contributed by atoms with E-state index in [1.54, 1.807) is 17.0 Å². The minimum atomic E-state index is -0.413. The number of methoxy groups -OCH3 is 1. The lowest BCUT2D eigenvalue weighted by atomic mass is 10.1. The number of rotatable bonds is 6. The average Bonchev–Trinajstić information content (AvgIpc) is 2.57. The summed E-state index contributed by atoms with van der Waals surface area (Å²) in [6.07, 6.45) is 0. The molecule has 8 heteroatoms. The number of hydrogen-bond donors (Lipinski definition) is 2.